The molecule has 2 aromatic heterocycles. The summed E-state index contributed by atoms with van der Waals surface area (Å²) in [6, 6.07) is 11.4. The molecule has 0 aliphatic carbocycles. The summed E-state index contributed by atoms with van der Waals surface area (Å²) >= 11 is 0. The molecule has 1 unspecified atom stereocenters. The lowest BCUT2D eigenvalue weighted by atomic mass is 9.98. The molecule has 4 aromatic rings. The second-order valence-corrected chi connectivity index (χ2v) is 21.5. The largest absolute Gasteiger partial charge is 0.380 e. The average Bonchev–Trinajstić information content (AvgIpc) is 3.99. The highest BCUT2D eigenvalue weighted by molar-refractivity contribution is 7.90. The molecule has 0 saturated carbocycles. The lowest BCUT2D eigenvalue weighted by Gasteiger charge is -2.32. The first-order valence-corrected chi connectivity index (χ1v) is 24.9. The lowest BCUT2D eigenvalue weighted by Crippen LogP contribution is -2.40. The Morgan fingerprint density at radius 3 is 1.69 bits per heavy atom. The summed E-state index contributed by atoms with van der Waals surface area (Å²) in [6.45, 7) is 15.4. The minimum absolute atomic E-state index is 0.0485. The van der Waals surface area contributed by atoms with Gasteiger partial charge in [0.2, 0.25) is 20.0 Å². The Labute approximate surface area is 349 Å². The minimum atomic E-state index is -3.44. The number of nitrogens with one attached hydrogen (secondary N) is 1. The smallest absolute Gasteiger partial charge is 0.253 e. The minimum Gasteiger partial charge on any atom is -0.380 e. The fourth-order valence-corrected chi connectivity index (χ4v) is 12.2. The third-order valence-electron chi connectivity index (χ3n) is 13.4. The van der Waals surface area contributed by atoms with Crippen molar-refractivity contribution in [2.24, 2.45) is 11.8 Å². The van der Waals surface area contributed by atoms with E-state index in [2.05, 4.69) is 24.1 Å². The van der Waals surface area contributed by atoms with E-state index in [0.717, 1.165) is 118 Å². The number of aromatic nitrogens is 2. The van der Waals surface area contributed by atoms with Gasteiger partial charge in [0.15, 0.2) is 0 Å². The summed E-state index contributed by atoms with van der Waals surface area (Å²) in [5.74, 6) is 1.54. The second kappa shape index (κ2) is 16.9. The zero-order chi connectivity index (χ0) is 41.6. The Kier molecular flexibility index (Phi) is 12.1. The molecule has 15 heteroatoms. The summed E-state index contributed by atoms with van der Waals surface area (Å²) in [5.41, 5.74) is 6.50. The van der Waals surface area contributed by atoms with Gasteiger partial charge in [-0.1, -0.05) is 13.8 Å². The molecule has 5 aliphatic heterocycles. The third kappa shape index (κ3) is 8.09. The van der Waals surface area contributed by atoms with Crippen LogP contribution in [0.25, 0.3) is 21.8 Å². The molecule has 9 rings (SSSR count). The van der Waals surface area contributed by atoms with Gasteiger partial charge in [0.25, 0.3) is 11.8 Å². The number of hydrogen-bond donors (Lipinski definition) is 1. The van der Waals surface area contributed by atoms with E-state index in [1.165, 1.54) is 3.97 Å². The maximum Gasteiger partial charge on any atom is 0.253 e. The number of piperidine rings is 2. The Morgan fingerprint density at radius 2 is 1.20 bits per heavy atom. The van der Waals surface area contributed by atoms with Crippen molar-refractivity contribution in [1.82, 2.24) is 28.0 Å². The highest BCUT2D eigenvalue weighted by Crippen LogP contribution is 2.36. The van der Waals surface area contributed by atoms with Gasteiger partial charge in [0.05, 0.1) is 29.1 Å². The molecular weight excluding hydrogens is 789 g/mol. The predicted molar refractivity (Wildman–Crippen MR) is 231 cm³/mol. The summed E-state index contributed by atoms with van der Waals surface area (Å²) in [5, 5.41) is 5.11. The highest BCUT2D eigenvalue weighted by atomic mass is 32.2. The van der Waals surface area contributed by atoms with E-state index in [9.17, 15) is 26.4 Å². The predicted octanol–water partition coefficient (Wildman–Crippen LogP) is 5.22. The molecule has 59 heavy (non-hydrogen) atoms. The number of carbonyl (C=O) groups excluding carboxylic acids is 2. The van der Waals surface area contributed by atoms with E-state index < -0.39 is 20.0 Å². The maximum absolute atomic E-state index is 13.2. The van der Waals surface area contributed by atoms with Crippen LogP contribution in [0.3, 0.4) is 0 Å². The fourth-order valence-electron chi connectivity index (χ4n) is 9.66. The number of benzene rings is 2. The molecule has 320 valence electrons. The SMILES string of the molecule is CCS(=O)(=O)n1c2c(c3cc(C(=O)N4CCC(C)CC4)ccc31)CN(C1CCOC1)CC2.CCS(=O)(=O)n1c2c(c3cc(C(=O)N4CCC(C)CC4)ccc31)CNCC2. The fraction of sp³-hybridized carbons (Fsp3) is 0.591. The van der Waals surface area contributed by atoms with Crippen molar-refractivity contribution in [3.63, 3.8) is 0 Å². The summed E-state index contributed by atoms with van der Waals surface area (Å²) in [7, 11) is -6.83. The van der Waals surface area contributed by atoms with Gasteiger partial charge in [-0.25, -0.2) is 24.8 Å². The number of ether oxygens (including phenoxy) is 1. The van der Waals surface area contributed by atoms with Gasteiger partial charge in [-0.15, -0.1) is 0 Å². The van der Waals surface area contributed by atoms with Crippen molar-refractivity contribution >= 4 is 53.7 Å². The van der Waals surface area contributed by atoms with Crippen LogP contribution in [-0.4, -0.2) is 121 Å². The van der Waals surface area contributed by atoms with Gasteiger partial charge in [0.1, 0.15) is 0 Å². The number of fused-ring (bicyclic) bond motifs is 6. The number of likely N-dealkylation sites (tertiary alicyclic amines) is 2. The van der Waals surface area contributed by atoms with Gasteiger partial charge in [-0.05, 0) is 105 Å². The van der Waals surface area contributed by atoms with Gasteiger partial charge in [-0.3, -0.25) is 14.5 Å². The molecule has 1 N–H and O–H groups in total. The Bertz CT molecular complexity index is 2450. The molecule has 2 aromatic carbocycles. The van der Waals surface area contributed by atoms with Crippen LogP contribution < -0.4 is 5.32 Å². The molecule has 3 fully saturated rings. The quantitative estimate of drug-likeness (QED) is 0.265. The first-order valence-electron chi connectivity index (χ1n) is 21.7. The number of amides is 2. The first-order chi connectivity index (χ1) is 28.3. The van der Waals surface area contributed by atoms with E-state index >= 15 is 0 Å². The zero-order valence-corrected chi connectivity index (χ0v) is 36.7. The Morgan fingerprint density at radius 1 is 0.695 bits per heavy atom. The highest BCUT2D eigenvalue weighted by Gasteiger charge is 2.34. The monoisotopic (exact) mass is 848 g/mol. The number of rotatable bonds is 7. The van der Waals surface area contributed by atoms with Crippen LogP contribution in [0.1, 0.15) is 103 Å². The summed E-state index contributed by atoms with van der Waals surface area (Å²) < 4.78 is 60.2. The normalized spacial score (nSPS) is 21.1. The molecule has 0 bridgehead atoms. The van der Waals surface area contributed by atoms with Crippen LogP contribution in [0.15, 0.2) is 36.4 Å². The van der Waals surface area contributed by atoms with Crippen molar-refractivity contribution in [3.8, 4) is 0 Å². The molecular formula is C44H60N6O7S2. The van der Waals surface area contributed by atoms with E-state index in [-0.39, 0.29) is 23.3 Å². The summed E-state index contributed by atoms with van der Waals surface area (Å²) in [4.78, 5) is 32.5. The van der Waals surface area contributed by atoms with Crippen molar-refractivity contribution in [2.45, 2.75) is 91.8 Å². The van der Waals surface area contributed by atoms with Gasteiger partial charge in [-0.2, -0.15) is 0 Å². The van der Waals surface area contributed by atoms with Crippen LogP contribution in [0.4, 0.5) is 0 Å². The zero-order valence-electron chi connectivity index (χ0n) is 35.0. The number of nitrogens with zero attached hydrogens (tertiary/aromatic N) is 5. The first kappa shape index (κ1) is 42.0. The number of carbonyl (C=O) groups is 2. The molecule has 2 amide bonds. The molecule has 7 heterocycles. The van der Waals surface area contributed by atoms with Crippen LogP contribution in [0.5, 0.6) is 0 Å². The summed E-state index contributed by atoms with van der Waals surface area (Å²) in [6.07, 6.45) is 6.53. The second-order valence-electron chi connectivity index (χ2n) is 17.3. The Hall–Kier alpha value is -3.76. The van der Waals surface area contributed by atoms with Crippen LogP contribution in [0, 0.1) is 11.8 Å². The number of hydrogen-bond acceptors (Lipinski definition) is 9. The maximum atomic E-state index is 13.2. The molecule has 13 nitrogen and oxygen atoms in total. The molecule has 1 atom stereocenters. The van der Waals surface area contributed by atoms with E-state index in [4.69, 9.17) is 4.74 Å². The molecule has 5 aliphatic rings. The molecule has 3 saturated heterocycles. The molecule has 0 radical (unpaired) electrons. The third-order valence-corrected chi connectivity index (χ3v) is 16.9. The van der Waals surface area contributed by atoms with E-state index in [1.54, 1.807) is 36.0 Å². The van der Waals surface area contributed by atoms with Crippen molar-refractivity contribution < 1.29 is 31.2 Å². The Balaban J connectivity index is 0.000000167. The van der Waals surface area contributed by atoms with Crippen LogP contribution in [0.2, 0.25) is 0 Å². The lowest BCUT2D eigenvalue weighted by molar-refractivity contribution is 0.0689. The van der Waals surface area contributed by atoms with E-state index in [1.807, 2.05) is 28.0 Å². The molecule has 0 spiro atoms. The van der Waals surface area contributed by atoms with Crippen molar-refractivity contribution in [2.75, 3.05) is 64.0 Å². The van der Waals surface area contributed by atoms with Gasteiger partial charge < -0.3 is 19.9 Å². The van der Waals surface area contributed by atoms with Gasteiger partial charge in [0, 0.05) is 111 Å². The average molecular weight is 849 g/mol. The van der Waals surface area contributed by atoms with Gasteiger partial charge >= 0.3 is 0 Å². The van der Waals surface area contributed by atoms with E-state index in [0.29, 0.717) is 66.0 Å². The van der Waals surface area contributed by atoms with Crippen LogP contribution >= 0.6 is 0 Å². The standard InChI is InChI=1S/C24H33N3O4S.C20H27N3O3S/c1-3-32(29,30)27-22-5-4-18(24(28)25-10-6-17(2)7-11-25)14-20(22)21-15-26(12-8-23(21)27)19-9-13-31-16-19;1-3-27(25,26)23-18-5-4-15(20(24)22-10-7-14(2)8-11-22)12-16(18)17-13-21-9-6-19(17)23/h4-5,14,17,19H,3,6-13,15-16H2,1-2H3;4-5,12,14,21H,3,6-11,13H2,1-2H3. The topological polar surface area (TPSA) is 143 Å². The van der Waals surface area contributed by atoms with Crippen LogP contribution in [-0.2, 0) is 50.7 Å². The van der Waals surface area contributed by atoms with Crippen molar-refractivity contribution in [1.29, 1.82) is 0 Å². The van der Waals surface area contributed by atoms with Crippen molar-refractivity contribution in [3.05, 3.63) is 70.0 Å².